The number of nitrogens with two attached hydrogens (primary N) is 1. The standard InChI is InChI=1S/C13H16FNO2/c1-9-6-11(14)3-2-10(9)7-12(16)13(15)4-5-17-8-13/h2-3,6H,4-5,7-8,15H2,1H3. The molecule has 1 aromatic rings. The summed E-state index contributed by atoms with van der Waals surface area (Å²) in [5.74, 6) is -0.324. The Morgan fingerprint density at radius 2 is 2.35 bits per heavy atom. The first-order valence-corrected chi connectivity index (χ1v) is 5.66. The van der Waals surface area contributed by atoms with Gasteiger partial charge in [-0.25, -0.2) is 4.39 Å². The molecule has 0 radical (unpaired) electrons. The molecule has 4 heteroatoms. The van der Waals surface area contributed by atoms with Crippen LogP contribution in [-0.2, 0) is 16.0 Å². The van der Waals surface area contributed by atoms with E-state index in [9.17, 15) is 9.18 Å². The monoisotopic (exact) mass is 237 g/mol. The summed E-state index contributed by atoms with van der Waals surface area (Å²) in [5, 5.41) is 0. The molecular formula is C13H16FNO2. The Bertz CT molecular complexity index is 439. The molecule has 92 valence electrons. The van der Waals surface area contributed by atoms with Crippen LogP contribution in [0.15, 0.2) is 18.2 Å². The molecule has 1 aromatic carbocycles. The molecular weight excluding hydrogens is 221 g/mol. The fourth-order valence-electron chi connectivity index (χ4n) is 2.01. The van der Waals surface area contributed by atoms with E-state index in [1.165, 1.54) is 12.1 Å². The van der Waals surface area contributed by atoms with Crippen molar-refractivity contribution in [2.75, 3.05) is 13.2 Å². The highest BCUT2D eigenvalue weighted by Gasteiger charge is 2.37. The number of carbonyl (C=O) groups excluding carboxylic acids is 1. The maximum absolute atomic E-state index is 12.9. The zero-order valence-corrected chi connectivity index (χ0v) is 9.83. The van der Waals surface area contributed by atoms with E-state index >= 15 is 0 Å². The first kappa shape index (κ1) is 12.2. The molecule has 1 aliphatic heterocycles. The van der Waals surface area contributed by atoms with Crippen LogP contribution in [0.25, 0.3) is 0 Å². The molecule has 1 atom stereocenters. The average molecular weight is 237 g/mol. The fourth-order valence-corrected chi connectivity index (χ4v) is 2.01. The molecule has 1 unspecified atom stereocenters. The maximum Gasteiger partial charge on any atom is 0.159 e. The Labute approximate surface area is 99.8 Å². The van der Waals surface area contributed by atoms with Crippen molar-refractivity contribution < 1.29 is 13.9 Å². The predicted octanol–water partition coefficient (Wildman–Crippen LogP) is 1.36. The Morgan fingerprint density at radius 3 is 2.94 bits per heavy atom. The Balaban J connectivity index is 2.13. The summed E-state index contributed by atoms with van der Waals surface area (Å²) in [7, 11) is 0. The van der Waals surface area contributed by atoms with Crippen LogP contribution in [-0.4, -0.2) is 24.5 Å². The topological polar surface area (TPSA) is 52.3 Å². The number of aryl methyl sites for hydroxylation is 1. The van der Waals surface area contributed by atoms with Crippen molar-refractivity contribution in [1.82, 2.24) is 0 Å². The third kappa shape index (κ3) is 2.53. The molecule has 0 aromatic heterocycles. The second kappa shape index (κ2) is 4.55. The van der Waals surface area contributed by atoms with Gasteiger partial charge in [0.25, 0.3) is 0 Å². The average Bonchev–Trinajstić information content (AvgIpc) is 2.71. The second-order valence-electron chi connectivity index (χ2n) is 4.63. The van der Waals surface area contributed by atoms with Gasteiger partial charge in [-0.15, -0.1) is 0 Å². The van der Waals surface area contributed by atoms with E-state index in [4.69, 9.17) is 10.5 Å². The Kier molecular flexibility index (Phi) is 3.26. The van der Waals surface area contributed by atoms with Gasteiger partial charge in [-0.1, -0.05) is 6.07 Å². The summed E-state index contributed by atoms with van der Waals surface area (Å²) in [6, 6.07) is 4.43. The van der Waals surface area contributed by atoms with Crippen molar-refractivity contribution in [2.24, 2.45) is 5.73 Å². The Morgan fingerprint density at radius 1 is 1.59 bits per heavy atom. The minimum absolute atomic E-state index is 0.0373. The predicted molar refractivity (Wildman–Crippen MR) is 62.2 cm³/mol. The molecule has 1 fully saturated rings. The highest BCUT2D eigenvalue weighted by atomic mass is 19.1. The largest absolute Gasteiger partial charge is 0.379 e. The fraction of sp³-hybridized carbons (Fsp3) is 0.462. The summed E-state index contributed by atoms with van der Waals surface area (Å²) in [6.07, 6.45) is 0.804. The van der Waals surface area contributed by atoms with Gasteiger partial charge in [0, 0.05) is 13.0 Å². The van der Waals surface area contributed by atoms with Gasteiger partial charge in [-0.05, 0) is 36.6 Å². The van der Waals surface area contributed by atoms with Crippen molar-refractivity contribution >= 4 is 5.78 Å². The SMILES string of the molecule is Cc1cc(F)ccc1CC(=O)C1(N)CCOC1. The molecule has 17 heavy (non-hydrogen) atoms. The number of carbonyl (C=O) groups is 1. The first-order chi connectivity index (χ1) is 8.01. The smallest absolute Gasteiger partial charge is 0.159 e. The lowest BCUT2D eigenvalue weighted by molar-refractivity contribution is -0.123. The minimum atomic E-state index is -0.860. The molecule has 1 aliphatic rings. The van der Waals surface area contributed by atoms with Crippen LogP contribution in [0.4, 0.5) is 4.39 Å². The molecule has 1 saturated heterocycles. The molecule has 2 N–H and O–H groups in total. The Hall–Kier alpha value is -1.26. The van der Waals surface area contributed by atoms with Gasteiger partial charge >= 0.3 is 0 Å². The summed E-state index contributed by atoms with van der Waals surface area (Å²) >= 11 is 0. The lowest BCUT2D eigenvalue weighted by atomic mass is 9.89. The number of hydrogen-bond donors (Lipinski definition) is 1. The van der Waals surface area contributed by atoms with Crippen LogP contribution < -0.4 is 5.73 Å². The second-order valence-corrected chi connectivity index (χ2v) is 4.63. The molecule has 0 spiro atoms. The first-order valence-electron chi connectivity index (χ1n) is 5.66. The lowest BCUT2D eigenvalue weighted by Gasteiger charge is -2.20. The van der Waals surface area contributed by atoms with E-state index in [0.717, 1.165) is 11.1 Å². The molecule has 0 aliphatic carbocycles. The highest BCUT2D eigenvalue weighted by molar-refractivity contribution is 5.90. The van der Waals surface area contributed by atoms with Crippen LogP contribution in [0.1, 0.15) is 17.5 Å². The van der Waals surface area contributed by atoms with Crippen LogP contribution in [0.5, 0.6) is 0 Å². The number of benzene rings is 1. The van der Waals surface area contributed by atoms with E-state index in [-0.39, 0.29) is 24.6 Å². The zero-order chi connectivity index (χ0) is 12.5. The van der Waals surface area contributed by atoms with Crippen LogP contribution in [0.2, 0.25) is 0 Å². The van der Waals surface area contributed by atoms with Crippen molar-refractivity contribution in [3.8, 4) is 0 Å². The number of halogens is 1. The molecule has 0 saturated carbocycles. The van der Waals surface area contributed by atoms with Crippen LogP contribution >= 0.6 is 0 Å². The minimum Gasteiger partial charge on any atom is -0.379 e. The third-order valence-corrected chi connectivity index (χ3v) is 3.26. The molecule has 1 heterocycles. The normalized spacial score (nSPS) is 23.9. The quantitative estimate of drug-likeness (QED) is 0.863. The summed E-state index contributed by atoms with van der Waals surface area (Å²) < 4.78 is 18.1. The van der Waals surface area contributed by atoms with E-state index in [2.05, 4.69) is 0 Å². The van der Waals surface area contributed by atoms with Gasteiger partial charge in [0.05, 0.1) is 6.61 Å². The molecule has 0 amide bonds. The zero-order valence-electron chi connectivity index (χ0n) is 9.83. The molecule has 0 bridgehead atoms. The molecule has 3 nitrogen and oxygen atoms in total. The number of Topliss-reactive ketones (excluding diaryl/α,β-unsaturated/α-hetero) is 1. The summed E-state index contributed by atoms with van der Waals surface area (Å²) in [4.78, 5) is 12.1. The van der Waals surface area contributed by atoms with E-state index < -0.39 is 5.54 Å². The van der Waals surface area contributed by atoms with Crippen molar-refractivity contribution in [3.05, 3.63) is 35.1 Å². The van der Waals surface area contributed by atoms with Crippen molar-refractivity contribution in [1.29, 1.82) is 0 Å². The van der Waals surface area contributed by atoms with Gasteiger partial charge in [-0.3, -0.25) is 4.79 Å². The summed E-state index contributed by atoms with van der Waals surface area (Å²) in [6.45, 7) is 2.61. The number of hydrogen-bond acceptors (Lipinski definition) is 3. The van der Waals surface area contributed by atoms with Crippen LogP contribution in [0.3, 0.4) is 0 Å². The van der Waals surface area contributed by atoms with E-state index in [1.54, 1.807) is 13.0 Å². The molecule has 2 rings (SSSR count). The number of ether oxygens (including phenoxy) is 1. The van der Waals surface area contributed by atoms with Gasteiger partial charge in [0.2, 0.25) is 0 Å². The third-order valence-electron chi connectivity index (χ3n) is 3.26. The van der Waals surface area contributed by atoms with Gasteiger partial charge in [0.1, 0.15) is 11.4 Å². The van der Waals surface area contributed by atoms with Gasteiger partial charge in [-0.2, -0.15) is 0 Å². The van der Waals surface area contributed by atoms with E-state index in [1.807, 2.05) is 0 Å². The number of ketones is 1. The van der Waals surface area contributed by atoms with Gasteiger partial charge in [0.15, 0.2) is 5.78 Å². The van der Waals surface area contributed by atoms with Crippen molar-refractivity contribution in [3.63, 3.8) is 0 Å². The highest BCUT2D eigenvalue weighted by Crippen LogP contribution is 2.20. The van der Waals surface area contributed by atoms with Crippen molar-refractivity contribution in [2.45, 2.75) is 25.3 Å². The van der Waals surface area contributed by atoms with Gasteiger partial charge < -0.3 is 10.5 Å². The lowest BCUT2D eigenvalue weighted by Crippen LogP contribution is -2.49. The van der Waals surface area contributed by atoms with Crippen LogP contribution in [0, 0.1) is 12.7 Å². The number of rotatable bonds is 3. The summed E-state index contributed by atoms with van der Waals surface area (Å²) in [5.41, 5.74) is 6.73. The van der Waals surface area contributed by atoms with E-state index in [0.29, 0.717) is 13.0 Å². The maximum atomic E-state index is 12.9.